The van der Waals surface area contributed by atoms with Crippen molar-refractivity contribution in [2.45, 2.75) is 13.0 Å². The molecule has 0 unspecified atom stereocenters. The molecule has 0 aromatic heterocycles. The number of hydrogen-bond acceptors (Lipinski definition) is 4. The van der Waals surface area contributed by atoms with Gasteiger partial charge < -0.3 is 5.11 Å². The molecule has 0 aliphatic rings. The Kier molecular flexibility index (Phi) is 3.33. The summed E-state index contributed by atoms with van der Waals surface area (Å²) in [7, 11) is -4.29. The molecule has 0 radical (unpaired) electrons. The number of aliphatic hydroxyl groups excluding tert-OH is 1. The number of halogens is 2. The normalized spacial score (nSPS) is 13.5. The molecular formula is C4H8F2O4S. The summed E-state index contributed by atoms with van der Waals surface area (Å²) in [5.74, 6) is -0.823. The van der Waals surface area contributed by atoms with Crippen molar-refractivity contribution in [3.8, 4) is 0 Å². The van der Waals surface area contributed by atoms with Gasteiger partial charge in [0.15, 0.2) is 0 Å². The van der Waals surface area contributed by atoms with Crippen LogP contribution in [0.4, 0.5) is 8.78 Å². The number of rotatable bonds is 4. The Balaban J connectivity index is 4.15. The highest BCUT2D eigenvalue weighted by Crippen LogP contribution is 2.16. The molecule has 11 heavy (non-hydrogen) atoms. The Labute approximate surface area is 62.9 Å². The van der Waals surface area contributed by atoms with Gasteiger partial charge in [0.25, 0.3) is 10.1 Å². The molecule has 0 aromatic carbocycles. The lowest BCUT2D eigenvalue weighted by atomic mass is 10.8. The van der Waals surface area contributed by atoms with Crippen LogP contribution in [0.1, 0.15) is 6.92 Å². The van der Waals surface area contributed by atoms with Gasteiger partial charge in [0, 0.05) is 6.92 Å². The number of aliphatic hydroxyl groups is 1. The molecule has 68 valence electrons. The van der Waals surface area contributed by atoms with Gasteiger partial charge in [0.2, 0.25) is 0 Å². The standard InChI is InChI=1S/C4H8F2O4S/c1-4(5,6)10-11(8,9)3-2-7/h7H,2-3H2,1H3. The fourth-order valence-corrected chi connectivity index (χ4v) is 1.13. The highest BCUT2D eigenvalue weighted by molar-refractivity contribution is 7.86. The number of hydrogen-bond donors (Lipinski definition) is 1. The van der Waals surface area contributed by atoms with Gasteiger partial charge in [-0.3, -0.25) is 0 Å². The van der Waals surface area contributed by atoms with Crippen LogP contribution in [-0.4, -0.2) is 32.0 Å². The van der Waals surface area contributed by atoms with Crippen LogP contribution in [0.25, 0.3) is 0 Å². The maximum atomic E-state index is 11.9. The van der Waals surface area contributed by atoms with E-state index in [2.05, 4.69) is 4.18 Å². The van der Waals surface area contributed by atoms with Crippen molar-refractivity contribution in [1.82, 2.24) is 0 Å². The van der Waals surface area contributed by atoms with Gasteiger partial charge >= 0.3 is 6.11 Å². The second kappa shape index (κ2) is 3.42. The van der Waals surface area contributed by atoms with Crippen molar-refractivity contribution in [3.05, 3.63) is 0 Å². The molecule has 0 aliphatic heterocycles. The van der Waals surface area contributed by atoms with E-state index in [0.717, 1.165) is 0 Å². The third kappa shape index (κ3) is 6.14. The van der Waals surface area contributed by atoms with E-state index in [0.29, 0.717) is 6.92 Å². The van der Waals surface area contributed by atoms with E-state index in [9.17, 15) is 17.2 Å². The molecule has 4 nitrogen and oxygen atoms in total. The minimum Gasteiger partial charge on any atom is -0.395 e. The zero-order valence-electron chi connectivity index (χ0n) is 5.75. The first-order chi connectivity index (χ1) is 4.77. The third-order valence-electron chi connectivity index (χ3n) is 0.615. The van der Waals surface area contributed by atoms with Gasteiger partial charge in [-0.15, -0.1) is 0 Å². The summed E-state index contributed by atoms with van der Waals surface area (Å²) in [6.07, 6.45) is -3.71. The molecule has 0 spiro atoms. The van der Waals surface area contributed by atoms with E-state index in [1.54, 1.807) is 0 Å². The summed E-state index contributed by atoms with van der Waals surface area (Å²) in [6, 6.07) is 0. The highest BCUT2D eigenvalue weighted by Gasteiger charge is 2.29. The zero-order valence-corrected chi connectivity index (χ0v) is 6.57. The van der Waals surface area contributed by atoms with E-state index in [1.807, 2.05) is 0 Å². The fraction of sp³-hybridized carbons (Fsp3) is 1.00. The predicted octanol–water partition coefficient (Wildman–Crippen LogP) is -0.0622. The molecule has 0 heterocycles. The third-order valence-corrected chi connectivity index (χ3v) is 1.84. The van der Waals surface area contributed by atoms with Crippen LogP contribution in [0.15, 0.2) is 0 Å². The largest absolute Gasteiger partial charge is 0.395 e. The monoisotopic (exact) mass is 190 g/mol. The summed E-state index contributed by atoms with van der Waals surface area (Å²) >= 11 is 0. The van der Waals surface area contributed by atoms with Gasteiger partial charge in [-0.25, -0.2) is 4.18 Å². The topological polar surface area (TPSA) is 63.6 Å². The van der Waals surface area contributed by atoms with Crippen molar-refractivity contribution < 1.29 is 26.5 Å². The van der Waals surface area contributed by atoms with Crippen molar-refractivity contribution >= 4 is 10.1 Å². The number of alkyl halides is 2. The van der Waals surface area contributed by atoms with E-state index < -0.39 is 28.6 Å². The van der Waals surface area contributed by atoms with Crippen LogP contribution < -0.4 is 0 Å². The second-order valence-electron chi connectivity index (χ2n) is 1.88. The van der Waals surface area contributed by atoms with Crippen LogP contribution in [-0.2, 0) is 14.3 Å². The Morgan fingerprint density at radius 2 is 2.00 bits per heavy atom. The van der Waals surface area contributed by atoms with Crippen LogP contribution in [0.3, 0.4) is 0 Å². The van der Waals surface area contributed by atoms with E-state index in [-0.39, 0.29) is 0 Å². The van der Waals surface area contributed by atoms with Gasteiger partial charge in [0.05, 0.1) is 12.4 Å². The fourth-order valence-electron chi connectivity index (χ4n) is 0.376. The quantitative estimate of drug-likeness (QED) is 0.630. The first-order valence-corrected chi connectivity index (χ1v) is 4.26. The SMILES string of the molecule is CC(F)(F)OS(=O)(=O)CCO. The highest BCUT2D eigenvalue weighted by atomic mass is 32.2. The molecule has 7 heteroatoms. The van der Waals surface area contributed by atoms with Crippen LogP contribution in [0.5, 0.6) is 0 Å². The lowest BCUT2D eigenvalue weighted by Crippen LogP contribution is -2.24. The molecule has 0 atom stereocenters. The Morgan fingerprint density at radius 1 is 1.55 bits per heavy atom. The first-order valence-electron chi connectivity index (χ1n) is 2.69. The molecule has 0 bridgehead atoms. The van der Waals surface area contributed by atoms with Crippen molar-refractivity contribution in [1.29, 1.82) is 0 Å². The molecule has 0 aromatic rings. The molecule has 0 amide bonds. The average molecular weight is 190 g/mol. The Hall–Kier alpha value is -0.270. The maximum Gasteiger partial charge on any atom is 0.366 e. The molecule has 1 N–H and O–H groups in total. The lowest BCUT2D eigenvalue weighted by molar-refractivity contribution is -0.154. The van der Waals surface area contributed by atoms with Gasteiger partial charge in [-0.2, -0.15) is 17.2 Å². The Morgan fingerprint density at radius 3 is 2.27 bits per heavy atom. The molecule has 0 saturated carbocycles. The molecule has 0 rings (SSSR count). The van der Waals surface area contributed by atoms with Gasteiger partial charge in [-0.05, 0) is 0 Å². The van der Waals surface area contributed by atoms with E-state index in [4.69, 9.17) is 5.11 Å². The summed E-state index contributed by atoms with van der Waals surface area (Å²) in [5, 5.41) is 8.09. The van der Waals surface area contributed by atoms with E-state index in [1.165, 1.54) is 0 Å². The summed E-state index contributed by atoms with van der Waals surface area (Å²) in [6.45, 7) is -0.430. The molecular weight excluding hydrogens is 182 g/mol. The van der Waals surface area contributed by atoms with Crippen LogP contribution in [0, 0.1) is 0 Å². The first kappa shape index (κ1) is 10.7. The second-order valence-corrected chi connectivity index (χ2v) is 3.57. The lowest BCUT2D eigenvalue weighted by Gasteiger charge is -2.09. The molecule has 0 saturated heterocycles. The van der Waals surface area contributed by atoms with E-state index >= 15 is 0 Å². The summed E-state index contributed by atoms with van der Waals surface area (Å²) in [4.78, 5) is 0. The van der Waals surface area contributed by atoms with Crippen LogP contribution >= 0.6 is 0 Å². The minimum atomic E-state index is -4.29. The van der Waals surface area contributed by atoms with Gasteiger partial charge in [0.1, 0.15) is 0 Å². The zero-order chi connectivity index (χ0) is 9.12. The van der Waals surface area contributed by atoms with Crippen molar-refractivity contribution in [2.24, 2.45) is 0 Å². The smallest absolute Gasteiger partial charge is 0.366 e. The Bertz CT molecular complexity index is 205. The molecule has 0 aliphatic carbocycles. The van der Waals surface area contributed by atoms with Crippen molar-refractivity contribution in [2.75, 3.05) is 12.4 Å². The maximum absolute atomic E-state index is 11.9. The van der Waals surface area contributed by atoms with Crippen molar-refractivity contribution in [3.63, 3.8) is 0 Å². The average Bonchev–Trinajstić information content (AvgIpc) is 1.55. The summed E-state index contributed by atoms with van der Waals surface area (Å²) in [5.41, 5.74) is 0. The van der Waals surface area contributed by atoms with Gasteiger partial charge in [-0.1, -0.05) is 0 Å². The van der Waals surface area contributed by atoms with Crippen LogP contribution in [0.2, 0.25) is 0 Å². The minimum absolute atomic E-state index is 0.307. The predicted molar refractivity (Wildman–Crippen MR) is 32.6 cm³/mol. The summed E-state index contributed by atoms with van der Waals surface area (Å²) < 4.78 is 47.8. The molecule has 0 fully saturated rings.